The predicted molar refractivity (Wildman–Crippen MR) is 105 cm³/mol. The van der Waals surface area contributed by atoms with Gasteiger partial charge in [-0.2, -0.15) is 0 Å². The van der Waals surface area contributed by atoms with Crippen molar-refractivity contribution in [3.63, 3.8) is 0 Å². The fraction of sp³-hybridized carbons (Fsp3) is 0.381. The van der Waals surface area contributed by atoms with E-state index in [1.54, 1.807) is 11.5 Å². The van der Waals surface area contributed by atoms with Crippen LogP contribution in [0.5, 0.6) is 0 Å². The minimum atomic E-state index is 0.187. The molecule has 3 nitrogen and oxygen atoms in total. The van der Waals surface area contributed by atoms with Crippen molar-refractivity contribution in [1.29, 1.82) is 0 Å². The molecule has 0 atom stereocenters. The van der Waals surface area contributed by atoms with Crippen molar-refractivity contribution in [1.82, 2.24) is 8.86 Å². The second-order valence-electron chi connectivity index (χ2n) is 7.16. The van der Waals surface area contributed by atoms with Crippen LogP contribution in [0.3, 0.4) is 0 Å². The van der Waals surface area contributed by atoms with Gasteiger partial charge >= 0.3 is 0 Å². The Hall–Kier alpha value is -1.91. The first kappa shape index (κ1) is 16.6. The molecule has 0 spiro atoms. The Balaban J connectivity index is 1.39. The predicted octanol–water partition coefficient (Wildman–Crippen LogP) is 4.28. The summed E-state index contributed by atoms with van der Waals surface area (Å²) < 4.78 is 3.09. The summed E-state index contributed by atoms with van der Waals surface area (Å²) in [6.07, 6.45) is 2.35. The summed E-state index contributed by atoms with van der Waals surface area (Å²) in [6.45, 7) is 6.24. The van der Waals surface area contributed by atoms with Crippen molar-refractivity contribution in [2.45, 2.75) is 32.9 Å². The highest BCUT2D eigenvalue weighted by atomic mass is 32.1. The van der Waals surface area contributed by atoms with Gasteiger partial charge in [0.15, 0.2) is 0 Å². The third-order valence-electron chi connectivity index (χ3n) is 5.18. The Bertz CT molecular complexity index is 905. The minimum Gasteiger partial charge on any atom is -0.299 e. The fourth-order valence-corrected chi connectivity index (χ4v) is 4.90. The maximum atomic E-state index is 12.6. The standard InChI is InChI=1S/C21H24N2OS/c1-16-7-8-19-20(13-16)25-23(21(19)24)15-18-9-11-22(12-10-18)14-17-5-3-2-4-6-17/h2-8,13,18H,9-12,14-15H2,1H3. The Morgan fingerprint density at radius 2 is 1.84 bits per heavy atom. The molecule has 2 heterocycles. The number of aromatic nitrogens is 1. The molecule has 1 aliphatic rings. The zero-order chi connectivity index (χ0) is 17.2. The molecule has 3 aromatic rings. The number of piperidine rings is 1. The summed E-state index contributed by atoms with van der Waals surface area (Å²) in [5.74, 6) is 0.610. The highest BCUT2D eigenvalue weighted by molar-refractivity contribution is 7.13. The Kier molecular flexibility index (Phi) is 4.73. The molecule has 0 unspecified atom stereocenters. The molecule has 1 saturated heterocycles. The summed E-state index contributed by atoms with van der Waals surface area (Å²) in [6, 6.07) is 16.8. The zero-order valence-corrected chi connectivity index (χ0v) is 15.5. The van der Waals surface area contributed by atoms with Gasteiger partial charge in [0.25, 0.3) is 5.56 Å². The second-order valence-corrected chi connectivity index (χ2v) is 8.23. The number of hydrogen-bond donors (Lipinski definition) is 0. The average Bonchev–Trinajstić information content (AvgIpc) is 2.92. The summed E-state index contributed by atoms with van der Waals surface area (Å²) in [5.41, 5.74) is 2.79. The molecule has 0 aliphatic carbocycles. The van der Waals surface area contributed by atoms with Crippen LogP contribution >= 0.6 is 11.5 Å². The van der Waals surface area contributed by atoms with Crippen LogP contribution in [0.15, 0.2) is 53.3 Å². The van der Waals surface area contributed by atoms with Gasteiger partial charge in [0.05, 0.1) is 10.1 Å². The van der Waals surface area contributed by atoms with E-state index in [1.807, 2.05) is 16.1 Å². The zero-order valence-electron chi connectivity index (χ0n) is 14.6. The summed E-state index contributed by atoms with van der Waals surface area (Å²) in [7, 11) is 0. The van der Waals surface area contributed by atoms with Gasteiger partial charge in [0, 0.05) is 13.1 Å². The molecule has 1 aromatic heterocycles. The van der Waals surface area contributed by atoms with Crippen molar-refractivity contribution in [3.05, 3.63) is 70.0 Å². The normalized spacial score (nSPS) is 16.5. The molecule has 25 heavy (non-hydrogen) atoms. The third-order valence-corrected chi connectivity index (χ3v) is 6.25. The number of aryl methyl sites for hydroxylation is 1. The third kappa shape index (κ3) is 3.70. The van der Waals surface area contributed by atoms with Gasteiger partial charge in [-0.3, -0.25) is 13.7 Å². The molecule has 0 N–H and O–H groups in total. The lowest BCUT2D eigenvalue weighted by Gasteiger charge is -2.31. The van der Waals surface area contributed by atoms with Crippen LogP contribution in [0.4, 0.5) is 0 Å². The lowest BCUT2D eigenvalue weighted by Crippen LogP contribution is -2.35. The van der Waals surface area contributed by atoms with Crippen LogP contribution in [0.25, 0.3) is 10.1 Å². The number of nitrogens with zero attached hydrogens (tertiary/aromatic N) is 2. The molecule has 0 radical (unpaired) electrons. The average molecular weight is 353 g/mol. The second kappa shape index (κ2) is 7.14. The first-order valence-corrected chi connectivity index (χ1v) is 9.83. The topological polar surface area (TPSA) is 25.2 Å². The van der Waals surface area contributed by atoms with E-state index in [2.05, 4.69) is 48.2 Å². The molecule has 4 heteroatoms. The van der Waals surface area contributed by atoms with Crippen LogP contribution in [0.2, 0.25) is 0 Å². The van der Waals surface area contributed by atoms with E-state index < -0.39 is 0 Å². The molecule has 1 aliphatic heterocycles. The fourth-order valence-electron chi connectivity index (χ4n) is 3.70. The Labute approximate surface area is 152 Å². The maximum Gasteiger partial charge on any atom is 0.268 e. The van der Waals surface area contributed by atoms with Gasteiger partial charge in [-0.1, -0.05) is 47.9 Å². The van der Waals surface area contributed by atoms with Crippen LogP contribution < -0.4 is 5.56 Å². The van der Waals surface area contributed by atoms with Gasteiger partial charge in [-0.25, -0.2) is 0 Å². The van der Waals surface area contributed by atoms with Gasteiger partial charge in [0.2, 0.25) is 0 Å². The van der Waals surface area contributed by atoms with Gasteiger partial charge in [-0.15, -0.1) is 0 Å². The summed E-state index contributed by atoms with van der Waals surface area (Å²) in [5, 5.41) is 0.872. The molecule has 0 amide bonds. The quantitative estimate of drug-likeness (QED) is 0.700. The molecule has 130 valence electrons. The van der Waals surface area contributed by atoms with Crippen molar-refractivity contribution in [2.75, 3.05) is 13.1 Å². The van der Waals surface area contributed by atoms with Gasteiger partial charge in [-0.05, 0) is 62.0 Å². The number of benzene rings is 2. The van der Waals surface area contributed by atoms with Crippen molar-refractivity contribution < 1.29 is 0 Å². The Morgan fingerprint density at radius 1 is 1.08 bits per heavy atom. The van der Waals surface area contributed by atoms with Crippen molar-refractivity contribution >= 4 is 21.6 Å². The molecular weight excluding hydrogens is 328 g/mol. The Morgan fingerprint density at radius 3 is 2.60 bits per heavy atom. The SMILES string of the molecule is Cc1ccc2c(=O)n(CC3CCN(Cc4ccccc4)CC3)sc2c1. The van der Waals surface area contributed by atoms with Crippen LogP contribution in [-0.4, -0.2) is 21.9 Å². The number of likely N-dealkylation sites (tertiary alicyclic amines) is 1. The summed E-state index contributed by atoms with van der Waals surface area (Å²) >= 11 is 1.63. The van der Waals surface area contributed by atoms with Crippen LogP contribution in [0, 0.1) is 12.8 Å². The van der Waals surface area contributed by atoms with Crippen molar-refractivity contribution in [3.8, 4) is 0 Å². The molecule has 0 bridgehead atoms. The first-order chi connectivity index (χ1) is 12.2. The lowest BCUT2D eigenvalue weighted by molar-refractivity contribution is 0.168. The molecule has 1 fully saturated rings. The highest BCUT2D eigenvalue weighted by Gasteiger charge is 2.21. The number of rotatable bonds is 4. The van der Waals surface area contributed by atoms with E-state index in [4.69, 9.17) is 0 Å². The van der Waals surface area contributed by atoms with E-state index in [9.17, 15) is 4.79 Å². The highest BCUT2D eigenvalue weighted by Crippen LogP contribution is 2.24. The monoisotopic (exact) mass is 352 g/mol. The number of hydrogen-bond acceptors (Lipinski definition) is 3. The van der Waals surface area contributed by atoms with E-state index in [0.29, 0.717) is 5.92 Å². The first-order valence-electron chi connectivity index (χ1n) is 9.06. The van der Waals surface area contributed by atoms with Crippen LogP contribution in [-0.2, 0) is 13.1 Å². The minimum absolute atomic E-state index is 0.187. The molecule has 0 saturated carbocycles. The van der Waals surface area contributed by atoms with E-state index in [-0.39, 0.29) is 5.56 Å². The molecule has 2 aromatic carbocycles. The van der Waals surface area contributed by atoms with Gasteiger partial charge in [0.1, 0.15) is 0 Å². The maximum absolute atomic E-state index is 12.6. The smallest absolute Gasteiger partial charge is 0.268 e. The lowest BCUT2D eigenvalue weighted by atomic mass is 9.96. The van der Waals surface area contributed by atoms with E-state index in [1.165, 1.54) is 24.0 Å². The molecular formula is C21H24N2OS. The van der Waals surface area contributed by atoms with Crippen molar-refractivity contribution in [2.24, 2.45) is 5.92 Å². The molecule has 4 rings (SSSR count). The number of fused-ring (bicyclic) bond motifs is 1. The van der Waals surface area contributed by atoms with Crippen LogP contribution in [0.1, 0.15) is 24.0 Å². The van der Waals surface area contributed by atoms with E-state index >= 15 is 0 Å². The summed E-state index contributed by atoms with van der Waals surface area (Å²) in [4.78, 5) is 15.1. The van der Waals surface area contributed by atoms with E-state index in [0.717, 1.165) is 36.3 Å². The van der Waals surface area contributed by atoms with Gasteiger partial charge < -0.3 is 0 Å². The largest absolute Gasteiger partial charge is 0.299 e.